The van der Waals surface area contributed by atoms with Crippen molar-refractivity contribution in [1.82, 2.24) is 15.1 Å². The first-order chi connectivity index (χ1) is 24.7. The number of aryl methyl sites for hydroxylation is 1. The van der Waals surface area contributed by atoms with Gasteiger partial charge in [-0.25, -0.2) is 0 Å². The number of benzene rings is 4. The summed E-state index contributed by atoms with van der Waals surface area (Å²) < 4.78 is 11.0. The predicted molar refractivity (Wildman–Crippen MR) is 192 cm³/mol. The molecule has 2 unspecified atom stereocenters. The fraction of sp³-hybridized carbons (Fsp3) is 0.282. The number of hydrogen-bond donors (Lipinski definition) is 2. The number of aliphatic hydroxyl groups excluding tert-OH is 1. The number of nitrogens with one attached hydrogen (secondary N) is 1. The van der Waals surface area contributed by atoms with Crippen LogP contribution in [0.5, 0.6) is 11.5 Å². The molecule has 0 aromatic heterocycles. The lowest BCUT2D eigenvalue weighted by molar-refractivity contribution is -0.133. The van der Waals surface area contributed by atoms with Crippen molar-refractivity contribution in [2.45, 2.75) is 44.2 Å². The number of halogens is 2. The van der Waals surface area contributed by atoms with Gasteiger partial charge in [0.1, 0.15) is 0 Å². The standard InChI is InChI=1S/C39H37Cl2N3O7/c40-30-13-10-26(20-31(30)41)12-15-37(47)43(18-16-27-11-14-34-35(22-27)51-24-50-34)23-33(45)32(21-25-6-2-1-3-7-25)42-36(46)17-19-44-38(48)28-8-4-5-9-29(28)39(44)49/h1-11,13-14,20,22,32-33,45H,12,15-19,21,23-24H2,(H,42,46). The Morgan fingerprint density at radius 3 is 2.18 bits per heavy atom. The third-order valence-corrected chi connectivity index (χ3v) is 9.77. The van der Waals surface area contributed by atoms with Crippen LogP contribution in [0.15, 0.2) is 91.0 Å². The van der Waals surface area contributed by atoms with Crippen LogP contribution >= 0.6 is 23.2 Å². The normalized spacial score (nSPS) is 14.3. The van der Waals surface area contributed by atoms with Crippen LogP contribution < -0.4 is 14.8 Å². The van der Waals surface area contributed by atoms with Gasteiger partial charge in [0.25, 0.3) is 11.8 Å². The average molecular weight is 731 g/mol. The summed E-state index contributed by atoms with van der Waals surface area (Å²) in [5.74, 6) is -0.215. The van der Waals surface area contributed by atoms with E-state index in [1.807, 2.05) is 54.6 Å². The summed E-state index contributed by atoms with van der Waals surface area (Å²) in [6, 6.07) is 26.0. The monoisotopic (exact) mass is 729 g/mol. The molecule has 0 radical (unpaired) electrons. The number of carbonyl (C=O) groups excluding carboxylic acids is 4. The van der Waals surface area contributed by atoms with Gasteiger partial charge in [-0.2, -0.15) is 0 Å². The molecule has 2 heterocycles. The minimum atomic E-state index is -1.15. The molecule has 10 nitrogen and oxygen atoms in total. The number of amides is 4. The second kappa shape index (κ2) is 16.4. The zero-order valence-corrected chi connectivity index (χ0v) is 29.2. The van der Waals surface area contributed by atoms with E-state index in [1.165, 1.54) is 0 Å². The van der Waals surface area contributed by atoms with Crippen LogP contribution in [0.4, 0.5) is 0 Å². The number of fused-ring (bicyclic) bond motifs is 2. The maximum atomic E-state index is 13.8. The fourth-order valence-electron chi connectivity index (χ4n) is 6.22. The number of rotatable bonds is 15. The Hall–Kier alpha value is -4.90. The largest absolute Gasteiger partial charge is 0.454 e. The summed E-state index contributed by atoms with van der Waals surface area (Å²) in [5, 5.41) is 15.5. The van der Waals surface area contributed by atoms with Gasteiger partial charge >= 0.3 is 0 Å². The van der Waals surface area contributed by atoms with E-state index in [-0.39, 0.29) is 45.1 Å². The first-order valence-electron chi connectivity index (χ1n) is 16.7. The Labute approximate surface area is 305 Å². The van der Waals surface area contributed by atoms with Gasteiger partial charge in [0.15, 0.2) is 11.5 Å². The van der Waals surface area contributed by atoms with E-state index in [1.54, 1.807) is 41.3 Å². The first-order valence-corrected chi connectivity index (χ1v) is 17.5. The minimum absolute atomic E-state index is 0.0546. The van der Waals surface area contributed by atoms with Crippen LogP contribution in [0.3, 0.4) is 0 Å². The fourth-order valence-corrected chi connectivity index (χ4v) is 6.54. The molecule has 2 atom stereocenters. The van der Waals surface area contributed by atoms with Gasteiger partial charge in [-0.05, 0) is 72.4 Å². The molecule has 0 aliphatic carbocycles. The van der Waals surface area contributed by atoms with E-state index >= 15 is 0 Å². The van der Waals surface area contributed by atoms with Crippen molar-refractivity contribution < 1.29 is 33.8 Å². The minimum Gasteiger partial charge on any atom is -0.454 e. The van der Waals surface area contributed by atoms with Crippen molar-refractivity contribution in [3.8, 4) is 11.5 Å². The Bertz CT molecular complexity index is 1890. The van der Waals surface area contributed by atoms with E-state index in [0.29, 0.717) is 52.1 Å². The molecule has 0 saturated heterocycles. The van der Waals surface area contributed by atoms with Crippen molar-refractivity contribution >= 4 is 46.8 Å². The zero-order chi connectivity index (χ0) is 35.9. The lowest BCUT2D eigenvalue weighted by Gasteiger charge is -2.31. The van der Waals surface area contributed by atoms with Crippen LogP contribution in [0.2, 0.25) is 10.0 Å². The van der Waals surface area contributed by atoms with Crippen molar-refractivity contribution in [2.24, 2.45) is 0 Å². The lowest BCUT2D eigenvalue weighted by atomic mass is 10.00. The Morgan fingerprint density at radius 1 is 0.784 bits per heavy atom. The molecule has 51 heavy (non-hydrogen) atoms. The zero-order valence-electron chi connectivity index (χ0n) is 27.7. The molecule has 4 aromatic rings. The molecule has 0 spiro atoms. The number of imide groups is 1. The maximum absolute atomic E-state index is 13.8. The van der Waals surface area contributed by atoms with E-state index in [4.69, 9.17) is 32.7 Å². The molecular weight excluding hydrogens is 693 g/mol. The highest BCUT2D eigenvalue weighted by atomic mass is 35.5. The molecule has 0 saturated carbocycles. The van der Waals surface area contributed by atoms with Gasteiger partial charge in [-0.15, -0.1) is 0 Å². The highest BCUT2D eigenvalue weighted by Gasteiger charge is 2.35. The van der Waals surface area contributed by atoms with Crippen molar-refractivity contribution in [2.75, 3.05) is 26.4 Å². The van der Waals surface area contributed by atoms with Gasteiger partial charge in [0, 0.05) is 32.5 Å². The van der Waals surface area contributed by atoms with Crippen LogP contribution in [0, 0.1) is 0 Å². The summed E-state index contributed by atoms with van der Waals surface area (Å²) in [4.78, 5) is 55.5. The molecular formula is C39H37Cl2N3O7. The molecule has 0 fully saturated rings. The molecule has 2 aliphatic rings. The molecule has 4 amide bonds. The van der Waals surface area contributed by atoms with Gasteiger partial charge in [0.2, 0.25) is 18.6 Å². The highest BCUT2D eigenvalue weighted by molar-refractivity contribution is 6.42. The second-order valence-electron chi connectivity index (χ2n) is 12.5. The Balaban J connectivity index is 1.15. The number of hydrogen-bond acceptors (Lipinski definition) is 7. The average Bonchev–Trinajstić information content (AvgIpc) is 3.70. The summed E-state index contributed by atoms with van der Waals surface area (Å²) in [7, 11) is 0. The van der Waals surface area contributed by atoms with Gasteiger partial charge in [-0.3, -0.25) is 24.1 Å². The first kappa shape index (κ1) is 35.9. The summed E-state index contributed by atoms with van der Waals surface area (Å²) in [5.41, 5.74) is 3.27. The third kappa shape index (κ3) is 8.89. The number of nitrogens with zero attached hydrogens (tertiary/aromatic N) is 2. The summed E-state index contributed by atoms with van der Waals surface area (Å²) in [6.45, 7) is 0.280. The van der Waals surface area contributed by atoms with Crippen LogP contribution in [0.1, 0.15) is 50.2 Å². The summed E-state index contributed by atoms with van der Waals surface area (Å²) >= 11 is 12.3. The quantitative estimate of drug-likeness (QED) is 0.155. The van der Waals surface area contributed by atoms with E-state index in [2.05, 4.69) is 5.32 Å². The highest BCUT2D eigenvalue weighted by Crippen LogP contribution is 2.33. The smallest absolute Gasteiger partial charge is 0.261 e. The topological polar surface area (TPSA) is 125 Å². The molecule has 6 rings (SSSR count). The summed E-state index contributed by atoms with van der Waals surface area (Å²) in [6.07, 6.45) is 0.0291. The molecule has 264 valence electrons. The number of carbonyl (C=O) groups is 4. The number of aliphatic hydroxyl groups is 1. The SMILES string of the molecule is O=C(CCN1C(=O)c2ccccc2C1=O)NC(Cc1ccccc1)C(O)CN(CCc1ccc2c(c1)OCO2)C(=O)CCc1ccc(Cl)c(Cl)c1. The maximum Gasteiger partial charge on any atom is 0.261 e. The van der Waals surface area contributed by atoms with Gasteiger partial charge in [-0.1, -0.05) is 77.8 Å². The van der Waals surface area contributed by atoms with Gasteiger partial charge < -0.3 is 24.8 Å². The van der Waals surface area contributed by atoms with Crippen molar-refractivity contribution in [3.63, 3.8) is 0 Å². The molecule has 2 N–H and O–H groups in total. The predicted octanol–water partition coefficient (Wildman–Crippen LogP) is 5.50. The lowest BCUT2D eigenvalue weighted by Crippen LogP contribution is -2.51. The molecule has 12 heteroatoms. The van der Waals surface area contributed by atoms with E-state index < -0.39 is 29.9 Å². The third-order valence-electron chi connectivity index (χ3n) is 9.03. The Kier molecular flexibility index (Phi) is 11.6. The van der Waals surface area contributed by atoms with Gasteiger partial charge in [0.05, 0.1) is 33.3 Å². The van der Waals surface area contributed by atoms with Crippen LogP contribution in [0.25, 0.3) is 0 Å². The molecule has 0 bridgehead atoms. The Morgan fingerprint density at radius 2 is 1.45 bits per heavy atom. The van der Waals surface area contributed by atoms with Crippen molar-refractivity contribution in [3.05, 3.63) is 129 Å². The van der Waals surface area contributed by atoms with Crippen molar-refractivity contribution in [1.29, 1.82) is 0 Å². The second-order valence-corrected chi connectivity index (χ2v) is 13.3. The van der Waals surface area contributed by atoms with Crippen LogP contribution in [-0.4, -0.2) is 77.1 Å². The molecule has 2 aliphatic heterocycles. The van der Waals surface area contributed by atoms with Crippen LogP contribution in [-0.2, 0) is 28.9 Å². The van der Waals surface area contributed by atoms with E-state index in [9.17, 15) is 24.3 Å². The number of ether oxygens (including phenoxy) is 2. The molecule has 4 aromatic carbocycles. The van der Waals surface area contributed by atoms with E-state index in [0.717, 1.165) is 21.6 Å².